The number of anilines is 1. The van der Waals surface area contributed by atoms with E-state index in [1.807, 2.05) is 0 Å². The summed E-state index contributed by atoms with van der Waals surface area (Å²) in [5, 5.41) is 11.9. The van der Waals surface area contributed by atoms with Gasteiger partial charge in [0.15, 0.2) is 5.17 Å². The van der Waals surface area contributed by atoms with Crippen LogP contribution in [0, 0.1) is 0 Å². The molecular weight excluding hydrogens is 402 g/mol. The van der Waals surface area contributed by atoms with Gasteiger partial charge in [0.2, 0.25) is 11.8 Å². The quantitative estimate of drug-likeness (QED) is 0.791. The number of carboxylic acid groups (broad SMARTS) is 1. The van der Waals surface area contributed by atoms with Gasteiger partial charge in [-0.05, 0) is 42.5 Å². The van der Waals surface area contributed by atoms with Gasteiger partial charge in [-0.2, -0.15) is 0 Å². The van der Waals surface area contributed by atoms with Gasteiger partial charge in [0.1, 0.15) is 5.25 Å². The molecule has 0 spiro atoms. The van der Waals surface area contributed by atoms with Crippen molar-refractivity contribution in [3.63, 3.8) is 0 Å². The van der Waals surface area contributed by atoms with Crippen molar-refractivity contribution in [2.24, 2.45) is 4.99 Å². The minimum atomic E-state index is -1.05. The summed E-state index contributed by atoms with van der Waals surface area (Å²) in [6, 6.07) is 12.7. The molecule has 0 saturated carbocycles. The van der Waals surface area contributed by atoms with E-state index in [1.54, 1.807) is 31.3 Å². The average Bonchev–Trinajstić information content (AvgIpc) is 2.65. The fourth-order valence-corrected chi connectivity index (χ4v) is 3.72. The highest BCUT2D eigenvalue weighted by molar-refractivity contribution is 8.15. The molecular formula is C19H16ClN3O4S. The van der Waals surface area contributed by atoms with Crippen molar-refractivity contribution >= 4 is 57.7 Å². The van der Waals surface area contributed by atoms with Gasteiger partial charge in [-0.25, -0.2) is 9.79 Å². The van der Waals surface area contributed by atoms with Crippen molar-refractivity contribution in [3.05, 3.63) is 59.1 Å². The van der Waals surface area contributed by atoms with Crippen LogP contribution in [0.1, 0.15) is 16.8 Å². The van der Waals surface area contributed by atoms with Gasteiger partial charge in [-0.3, -0.25) is 14.5 Å². The Labute approximate surface area is 170 Å². The zero-order chi connectivity index (χ0) is 20.3. The number of aromatic carboxylic acids is 1. The zero-order valence-corrected chi connectivity index (χ0v) is 16.3. The molecule has 2 aromatic rings. The molecule has 7 nitrogen and oxygen atoms in total. The third-order valence-electron chi connectivity index (χ3n) is 3.99. The predicted octanol–water partition coefficient (Wildman–Crippen LogP) is 3.63. The second-order valence-electron chi connectivity index (χ2n) is 6.01. The van der Waals surface area contributed by atoms with Crippen LogP contribution in [-0.4, -0.2) is 45.3 Å². The minimum absolute atomic E-state index is 0.0365. The Morgan fingerprint density at radius 2 is 1.96 bits per heavy atom. The van der Waals surface area contributed by atoms with Crippen LogP contribution in [0.4, 0.5) is 11.4 Å². The number of thioether (sulfide) groups is 1. The van der Waals surface area contributed by atoms with Gasteiger partial charge in [-0.15, -0.1) is 0 Å². The maximum atomic E-state index is 12.6. The highest BCUT2D eigenvalue weighted by Crippen LogP contribution is 2.29. The van der Waals surface area contributed by atoms with Gasteiger partial charge in [0, 0.05) is 24.2 Å². The number of benzene rings is 2. The predicted molar refractivity (Wildman–Crippen MR) is 109 cm³/mol. The molecule has 1 heterocycles. The van der Waals surface area contributed by atoms with Crippen molar-refractivity contribution in [1.82, 2.24) is 4.90 Å². The van der Waals surface area contributed by atoms with Crippen molar-refractivity contribution in [2.75, 3.05) is 12.4 Å². The van der Waals surface area contributed by atoms with Crippen LogP contribution in [0.25, 0.3) is 0 Å². The first-order chi connectivity index (χ1) is 13.3. The first kappa shape index (κ1) is 19.9. The molecule has 28 heavy (non-hydrogen) atoms. The van der Waals surface area contributed by atoms with Gasteiger partial charge < -0.3 is 10.4 Å². The average molecular weight is 418 g/mol. The maximum absolute atomic E-state index is 12.6. The highest BCUT2D eigenvalue weighted by Gasteiger charge is 2.34. The molecule has 2 N–H and O–H groups in total. The van der Waals surface area contributed by atoms with Crippen LogP contribution in [0.5, 0.6) is 0 Å². The Morgan fingerprint density at radius 3 is 2.61 bits per heavy atom. The number of halogens is 1. The fraction of sp³-hybridized carbons (Fsp3) is 0.158. The van der Waals surface area contributed by atoms with Crippen LogP contribution >= 0.6 is 23.4 Å². The smallest absolute Gasteiger partial charge is 0.335 e. The molecule has 1 atom stereocenters. The summed E-state index contributed by atoms with van der Waals surface area (Å²) in [5.74, 6) is -1.62. The zero-order valence-electron chi connectivity index (χ0n) is 14.8. The number of carboxylic acids is 1. The number of carbonyl (C=O) groups excluding carboxylic acids is 2. The summed E-state index contributed by atoms with van der Waals surface area (Å²) in [6.45, 7) is 0. The molecule has 1 aliphatic heterocycles. The Balaban J connectivity index is 1.75. The van der Waals surface area contributed by atoms with Crippen LogP contribution in [-0.2, 0) is 9.59 Å². The molecule has 0 bridgehead atoms. The molecule has 3 rings (SSSR count). The van der Waals surface area contributed by atoms with Crippen LogP contribution in [0.2, 0.25) is 5.02 Å². The Morgan fingerprint density at radius 1 is 1.25 bits per heavy atom. The van der Waals surface area contributed by atoms with E-state index in [9.17, 15) is 14.4 Å². The van der Waals surface area contributed by atoms with E-state index in [-0.39, 0.29) is 23.8 Å². The Hall–Kier alpha value is -2.84. The van der Waals surface area contributed by atoms with Crippen LogP contribution in [0.15, 0.2) is 53.5 Å². The van der Waals surface area contributed by atoms with E-state index < -0.39 is 11.2 Å². The van der Waals surface area contributed by atoms with Crippen molar-refractivity contribution in [2.45, 2.75) is 11.7 Å². The number of rotatable bonds is 4. The van der Waals surface area contributed by atoms with Gasteiger partial charge >= 0.3 is 5.97 Å². The first-order valence-corrected chi connectivity index (χ1v) is 9.51. The lowest BCUT2D eigenvalue weighted by Crippen LogP contribution is -2.43. The number of nitrogens with one attached hydrogen (secondary N) is 1. The van der Waals surface area contributed by atoms with E-state index >= 15 is 0 Å². The summed E-state index contributed by atoms with van der Waals surface area (Å²) < 4.78 is 0. The molecule has 1 fully saturated rings. The number of hydrogen-bond donors (Lipinski definition) is 2. The molecule has 2 amide bonds. The van der Waals surface area contributed by atoms with E-state index in [0.717, 1.165) is 0 Å². The Bertz CT molecular complexity index is 962. The molecule has 2 aromatic carbocycles. The van der Waals surface area contributed by atoms with Crippen molar-refractivity contribution in [3.8, 4) is 0 Å². The van der Waals surface area contributed by atoms with Crippen LogP contribution < -0.4 is 5.32 Å². The second-order valence-corrected chi connectivity index (χ2v) is 7.62. The molecule has 0 aromatic heterocycles. The Kier molecular flexibility index (Phi) is 6.01. The monoisotopic (exact) mass is 417 g/mol. The van der Waals surface area contributed by atoms with E-state index in [2.05, 4.69) is 10.3 Å². The number of amidine groups is 1. The van der Waals surface area contributed by atoms with Gasteiger partial charge in [0.25, 0.3) is 0 Å². The lowest BCUT2D eigenvalue weighted by molar-refractivity contribution is -0.128. The summed E-state index contributed by atoms with van der Waals surface area (Å²) in [4.78, 5) is 41.7. The van der Waals surface area contributed by atoms with Crippen LogP contribution in [0.3, 0.4) is 0 Å². The van der Waals surface area contributed by atoms with E-state index in [4.69, 9.17) is 16.7 Å². The maximum Gasteiger partial charge on any atom is 0.335 e. The summed E-state index contributed by atoms with van der Waals surface area (Å²) in [7, 11) is 1.61. The highest BCUT2D eigenvalue weighted by atomic mass is 35.5. The SMILES string of the molecule is CN1C(=O)C[C@@H](C(=O)Nc2ccc(C(=O)O)cc2)SC1=Nc1cccc(Cl)c1. The van der Waals surface area contributed by atoms with Crippen molar-refractivity contribution in [1.29, 1.82) is 0 Å². The number of hydrogen-bond acceptors (Lipinski definition) is 5. The summed E-state index contributed by atoms with van der Waals surface area (Å²) in [5.41, 5.74) is 1.16. The molecule has 0 aliphatic carbocycles. The molecule has 0 radical (unpaired) electrons. The van der Waals surface area contributed by atoms with E-state index in [1.165, 1.54) is 40.9 Å². The van der Waals surface area contributed by atoms with Gasteiger partial charge in [-0.1, -0.05) is 29.4 Å². The molecule has 1 aliphatic rings. The fourth-order valence-electron chi connectivity index (χ4n) is 2.47. The molecule has 9 heteroatoms. The largest absolute Gasteiger partial charge is 0.478 e. The first-order valence-electron chi connectivity index (χ1n) is 8.25. The number of aliphatic imine (C=N–C) groups is 1. The molecule has 1 saturated heterocycles. The van der Waals surface area contributed by atoms with Crippen molar-refractivity contribution < 1.29 is 19.5 Å². The van der Waals surface area contributed by atoms with E-state index in [0.29, 0.717) is 21.6 Å². The summed E-state index contributed by atoms with van der Waals surface area (Å²) >= 11 is 7.16. The third kappa shape index (κ3) is 4.71. The second kappa shape index (κ2) is 8.45. The number of amides is 2. The molecule has 0 unspecified atom stereocenters. The normalized spacial score (nSPS) is 18.2. The standard InChI is InChI=1S/C19H16ClN3O4S/c1-23-16(24)10-15(28-19(23)22-14-4-2-3-12(20)9-14)17(25)21-13-7-5-11(6-8-13)18(26)27/h2-9,15H,10H2,1H3,(H,21,25)(H,26,27)/t15-/m0/s1. The lowest BCUT2D eigenvalue weighted by atomic mass is 10.2. The number of nitrogens with zero attached hydrogens (tertiary/aromatic N) is 2. The van der Waals surface area contributed by atoms with Gasteiger partial charge in [0.05, 0.1) is 11.3 Å². The number of carbonyl (C=O) groups is 3. The minimum Gasteiger partial charge on any atom is -0.478 e. The lowest BCUT2D eigenvalue weighted by Gasteiger charge is -2.28. The molecule has 144 valence electrons. The third-order valence-corrected chi connectivity index (χ3v) is 5.47. The topological polar surface area (TPSA) is 99.1 Å². The summed E-state index contributed by atoms with van der Waals surface area (Å²) in [6.07, 6.45) is 0.0365.